The maximum Gasteiger partial charge on any atom is 0.155 e. The second kappa shape index (κ2) is 6.30. The molecule has 20 heavy (non-hydrogen) atoms. The number of nitrogens with zero attached hydrogens (tertiary/aromatic N) is 2. The number of morpholine rings is 1. The quantitative estimate of drug-likeness (QED) is 0.834. The molecule has 0 spiro atoms. The summed E-state index contributed by atoms with van der Waals surface area (Å²) in [7, 11) is 1.66. The first-order chi connectivity index (χ1) is 9.76. The number of hydrogen-bond acceptors (Lipinski definition) is 5. The second-order valence-corrected chi connectivity index (χ2v) is 5.86. The van der Waals surface area contributed by atoms with Crippen molar-refractivity contribution in [2.24, 2.45) is 0 Å². The summed E-state index contributed by atoms with van der Waals surface area (Å²) in [5.41, 5.74) is 1.19. The molecule has 0 N–H and O–H groups in total. The van der Waals surface area contributed by atoms with Gasteiger partial charge in [0.15, 0.2) is 5.75 Å². The van der Waals surface area contributed by atoms with Gasteiger partial charge in [-0.2, -0.15) is 0 Å². The molecule has 0 bridgehead atoms. The summed E-state index contributed by atoms with van der Waals surface area (Å²) in [6, 6.07) is 4.01. The Kier molecular flexibility index (Phi) is 4.45. The fourth-order valence-electron chi connectivity index (χ4n) is 2.50. The van der Waals surface area contributed by atoms with Gasteiger partial charge in [0.2, 0.25) is 0 Å². The Morgan fingerprint density at radius 2 is 2.05 bits per heavy atom. The molecule has 2 aliphatic rings. The minimum atomic E-state index is 0.804. The van der Waals surface area contributed by atoms with Gasteiger partial charge in [-0.05, 0) is 22.0 Å². The van der Waals surface area contributed by atoms with Crippen molar-refractivity contribution < 1.29 is 14.3 Å². The molecular weight excluding hydrogens is 324 g/mol. The van der Waals surface area contributed by atoms with Crippen LogP contribution in [0.1, 0.15) is 5.56 Å². The van der Waals surface area contributed by atoms with Crippen molar-refractivity contribution in [2.75, 3.05) is 46.5 Å². The van der Waals surface area contributed by atoms with Gasteiger partial charge >= 0.3 is 0 Å². The number of hydroxylamine groups is 2. The Balaban J connectivity index is 1.56. The molecule has 3 rings (SSSR count). The molecule has 1 fully saturated rings. The van der Waals surface area contributed by atoms with Crippen LogP contribution < -0.4 is 9.57 Å². The van der Waals surface area contributed by atoms with Gasteiger partial charge < -0.3 is 14.3 Å². The van der Waals surface area contributed by atoms with E-state index in [0.717, 1.165) is 61.9 Å². The zero-order chi connectivity index (χ0) is 13.9. The molecule has 1 aromatic rings. The van der Waals surface area contributed by atoms with E-state index in [1.54, 1.807) is 7.11 Å². The maximum absolute atomic E-state index is 5.87. The Labute approximate surface area is 127 Å². The highest BCUT2D eigenvalue weighted by atomic mass is 79.9. The van der Waals surface area contributed by atoms with Crippen molar-refractivity contribution in [3.8, 4) is 11.5 Å². The molecule has 1 saturated heterocycles. The topological polar surface area (TPSA) is 34.2 Å². The summed E-state index contributed by atoms with van der Waals surface area (Å²) < 4.78 is 11.6. The van der Waals surface area contributed by atoms with E-state index < -0.39 is 0 Å². The van der Waals surface area contributed by atoms with Gasteiger partial charge in [0.1, 0.15) is 5.75 Å². The average molecular weight is 343 g/mol. The zero-order valence-corrected chi connectivity index (χ0v) is 13.2. The van der Waals surface area contributed by atoms with Gasteiger partial charge in [0.25, 0.3) is 0 Å². The summed E-state index contributed by atoms with van der Waals surface area (Å²) in [5, 5.41) is 2.01. The number of benzene rings is 1. The highest BCUT2D eigenvalue weighted by Crippen LogP contribution is 2.37. The Bertz CT molecular complexity index is 478. The van der Waals surface area contributed by atoms with E-state index in [9.17, 15) is 0 Å². The zero-order valence-electron chi connectivity index (χ0n) is 11.6. The van der Waals surface area contributed by atoms with Crippen LogP contribution in [0.2, 0.25) is 0 Å². The first kappa shape index (κ1) is 14.1. The summed E-state index contributed by atoms with van der Waals surface area (Å²) in [6.45, 7) is 6.43. The lowest BCUT2D eigenvalue weighted by molar-refractivity contribution is -0.0551. The van der Waals surface area contributed by atoms with E-state index in [1.807, 2.05) is 11.1 Å². The Morgan fingerprint density at radius 3 is 2.80 bits per heavy atom. The summed E-state index contributed by atoms with van der Waals surface area (Å²) in [4.78, 5) is 8.28. The molecule has 1 aromatic carbocycles. The third kappa shape index (κ3) is 3.09. The van der Waals surface area contributed by atoms with E-state index in [-0.39, 0.29) is 0 Å². The highest BCUT2D eigenvalue weighted by Gasteiger charge is 2.23. The molecule has 2 aliphatic heterocycles. The number of rotatable bonds is 4. The Hall–Kier alpha value is -0.820. The van der Waals surface area contributed by atoms with Crippen LogP contribution in [-0.4, -0.2) is 56.5 Å². The van der Waals surface area contributed by atoms with E-state index in [4.69, 9.17) is 14.3 Å². The van der Waals surface area contributed by atoms with E-state index in [2.05, 4.69) is 26.9 Å². The number of ether oxygens (including phenoxy) is 2. The van der Waals surface area contributed by atoms with Crippen LogP contribution in [0, 0.1) is 0 Å². The van der Waals surface area contributed by atoms with Gasteiger partial charge in [0, 0.05) is 37.8 Å². The van der Waals surface area contributed by atoms with E-state index >= 15 is 0 Å². The predicted octanol–water partition coefficient (Wildman–Crippen LogP) is 1.90. The van der Waals surface area contributed by atoms with Crippen LogP contribution in [0.15, 0.2) is 16.6 Å². The number of halogens is 1. The van der Waals surface area contributed by atoms with Crippen molar-refractivity contribution >= 4 is 15.9 Å². The largest absolute Gasteiger partial charge is 0.495 e. The molecule has 2 heterocycles. The van der Waals surface area contributed by atoms with Crippen molar-refractivity contribution in [1.29, 1.82) is 0 Å². The molecule has 0 aliphatic carbocycles. The lowest BCUT2D eigenvalue weighted by Crippen LogP contribution is -2.41. The molecule has 6 heteroatoms. The van der Waals surface area contributed by atoms with Crippen molar-refractivity contribution in [3.05, 3.63) is 22.2 Å². The van der Waals surface area contributed by atoms with Crippen LogP contribution in [-0.2, 0) is 11.3 Å². The lowest BCUT2D eigenvalue weighted by Gasteiger charge is -2.27. The van der Waals surface area contributed by atoms with Crippen LogP contribution in [0.3, 0.4) is 0 Å². The highest BCUT2D eigenvalue weighted by molar-refractivity contribution is 9.10. The van der Waals surface area contributed by atoms with Gasteiger partial charge in [-0.3, -0.25) is 4.90 Å². The molecule has 0 aromatic heterocycles. The number of methoxy groups -OCH3 is 1. The Morgan fingerprint density at radius 1 is 1.25 bits per heavy atom. The summed E-state index contributed by atoms with van der Waals surface area (Å²) in [6.07, 6.45) is 0. The standard InChI is InChI=1S/C14H19BrN2O3/c1-18-14-9-13-11(8-12(14)15)10-17(20-13)3-2-16-4-6-19-7-5-16/h8-9H,2-7,10H2,1H3. The van der Waals surface area contributed by atoms with Crippen LogP contribution in [0.4, 0.5) is 0 Å². The number of hydrogen-bond donors (Lipinski definition) is 0. The van der Waals surface area contributed by atoms with Gasteiger partial charge in [-0.25, -0.2) is 0 Å². The second-order valence-electron chi connectivity index (χ2n) is 5.00. The molecule has 0 atom stereocenters. The smallest absolute Gasteiger partial charge is 0.155 e. The molecule has 110 valence electrons. The summed E-state index contributed by atoms with van der Waals surface area (Å²) >= 11 is 3.51. The number of fused-ring (bicyclic) bond motifs is 1. The van der Waals surface area contributed by atoms with Crippen molar-refractivity contribution in [1.82, 2.24) is 9.96 Å². The van der Waals surface area contributed by atoms with Crippen molar-refractivity contribution in [3.63, 3.8) is 0 Å². The molecule has 0 radical (unpaired) electrons. The van der Waals surface area contributed by atoms with Crippen LogP contribution in [0.25, 0.3) is 0 Å². The lowest BCUT2D eigenvalue weighted by atomic mass is 10.2. The van der Waals surface area contributed by atoms with Gasteiger partial charge in [-0.15, -0.1) is 5.06 Å². The minimum Gasteiger partial charge on any atom is -0.495 e. The van der Waals surface area contributed by atoms with Crippen LogP contribution >= 0.6 is 15.9 Å². The van der Waals surface area contributed by atoms with Gasteiger partial charge in [-0.1, -0.05) is 0 Å². The average Bonchev–Trinajstić information content (AvgIpc) is 2.87. The molecule has 0 unspecified atom stereocenters. The molecule has 0 amide bonds. The minimum absolute atomic E-state index is 0.804. The monoisotopic (exact) mass is 342 g/mol. The third-order valence-corrected chi connectivity index (χ3v) is 4.30. The fraction of sp³-hybridized carbons (Fsp3) is 0.571. The third-order valence-electron chi connectivity index (χ3n) is 3.68. The maximum atomic E-state index is 5.87. The van der Waals surface area contributed by atoms with E-state index in [1.165, 1.54) is 5.56 Å². The first-order valence-electron chi connectivity index (χ1n) is 6.85. The predicted molar refractivity (Wildman–Crippen MR) is 79.0 cm³/mol. The fourth-order valence-corrected chi connectivity index (χ4v) is 3.06. The molecular formula is C14H19BrN2O3. The first-order valence-corrected chi connectivity index (χ1v) is 7.65. The molecule has 5 nitrogen and oxygen atoms in total. The summed E-state index contributed by atoms with van der Waals surface area (Å²) in [5.74, 6) is 1.70. The van der Waals surface area contributed by atoms with E-state index in [0.29, 0.717) is 0 Å². The molecule has 0 saturated carbocycles. The van der Waals surface area contributed by atoms with Crippen molar-refractivity contribution in [2.45, 2.75) is 6.54 Å². The normalized spacial score (nSPS) is 19.7. The SMILES string of the molecule is COc1cc2c(cc1Br)CN(CCN1CCOCC1)O2. The van der Waals surface area contributed by atoms with Crippen LogP contribution in [0.5, 0.6) is 11.5 Å². The van der Waals surface area contributed by atoms with Gasteiger partial charge in [0.05, 0.1) is 31.3 Å².